The quantitative estimate of drug-likeness (QED) is 0.835. The van der Waals surface area contributed by atoms with Crippen LogP contribution in [0.25, 0.3) is 0 Å². The molecule has 1 saturated heterocycles. The summed E-state index contributed by atoms with van der Waals surface area (Å²) in [4.78, 5) is 25.0. The number of rotatable bonds is 4. The number of hydrogen-bond acceptors (Lipinski definition) is 4. The molecule has 1 aliphatic rings. The third kappa shape index (κ3) is 3.21. The van der Waals surface area contributed by atoms with E-state index in [1.54, 1.807) is 19.1 Å². The summed E-state index contributed by atoms with van der Waals surface area (Å²) < 4.78 is 35.0. The van der Waals surface area contributed by atoms with E-state index in [1.165, 1.54) is 12.1 Å². The molecule has 2 rings (SSSR count). The van der Waals surface area contributed by atoms with Crippen LogP contribution in [0.4, 0.5) is 9.57 Å². The lowest BCUT2D eigenvalue weighted by atomic mass is 10.1. The monoisotopic (exact) mass is 314 g/mol. The van der Waals surface area contributed by atoms with Crippen LogP contribution in [0.15, 0.2) is 24.3 Å². The number of para-hydroxylation sites is 1. The zero-order valence-electron chi connectivity index (χ0n) is 11.4. The number of anilines is 1. The van der Waals surface area contributed by atoms with Gasteiger partial charge in [-0.2, -0.15) is 8.42 Å². The second-order valence-electron chi connectivity index (χ2n) is 4.68. The molecule has 2 amide bonds. The lowest BCUT2D eigenvalue weighted by Crippen LogP contribution is -2.31. The van der Waals surface area contributed by atoms with Crippen molar-refractivity contribution < 1.29 is 21.9 Å². The Morgan fingerprint density at radius 3 is 2.67 bits per heavy atom. The van der Waals surface area contributed by atoms with E-state index in [9.17, 15) is 21.9 Å². The summed E-state index contributed by atoms with van der Waals surface area (Å²) in [7, 11) is -4.78. The average molecular weight is 314 g/mol. The second-order valence-corrected chi connectivity index (χ2v) is 6.30. The van der Waals surface area contributed by atoms with Crippen LogP contribution in [-0.2, 0) is 15.0 Å². The van der Waals surface area contributed by atoms with E-state index in [0.717, 1.165) is 4.90 Å². The van der Waals surface area contributed by atoms with Crippen molar-refractivity contribution in [2.24, 2.45) is 0 Å². The van der Waals surface area contributed by atoms with E-state index in [2.05, 4.69) is 5.32 Å². The van der Waals surface area contributed by atoms with Crippen LogP contribution in [0.3, 0.4) is 0 Å². The molecule has 1 heterocycles. The average Bonchev–Trinajstić information content (AvgIpc) is 2.81. The highest BCUT2D eigenvalue weighted by atomic mass is 32.3. The van der Waals surface area contributed by atoms with Gasteiger partial charge in [0.15, 0.2) is 0 Å². The van der Waals surface area contributed by atoms with Crippen LogP contribution in [-0.4, -0.2) is 38.6 Å². The number of benzene rings is 1. The van der Waals surface area contributed by atoms with Gasteiger partial charge in [-0.3, -0.25) is 9.59 Å². The molecular formula is C13H15FN2O4S. The Morgan fingerprint density at radius 2 is 2.10 bits per heavy atom. The molecule has 1 unspecified atom stereocenters. The first-order valence-corrected chi connectivity index (χ1v) is 7.90. The molecule has 1 N–H and O–H groups in total. The van der Waals surface area contributed by atoms with Gasteiger partial charge >= 0.3 is 10.2 Å². The summed E-state index contributed by atoms with van der Waals surface area (Å²) in [6.07, 6.45) is -0.414. The predicted molar refractivity (Wildman–Crippen MR) is 75.2 cm³/mol. The zero-order chi connectivity index (χ0) is 15.6. The first kappa shape index (κ1) is 15.4. The van der Waals surface area contributed by atoms with Crippen molar-refractivity contribution in [3.63, 3.8) is 0 Å². The van der Waals surface area contributed by atoms with Gasteiger partial charge in [0, 0.05) is 19.5 Å². The molecule has 114 valence electrons. The Balaban J connectivity index is 2.35. The predicted octanol–water partition coefficient (Wildman–Crippen LogP) is 0.841. The van der Waals surface area contributed by atoms with Gasteiger partial charge in [-0.25, -0.2) is 0 Å². The molecule has 0 saturated carbocycles. The molecule has 8 heteroatoms. The molecule has 6 nitrogen and oxygen atoms in total. The Morgan fingerprint density at radius 1 is 1.43 bits per heavy atom. The lowest BCUT2D eigenvalue weighted by Gasteiger charge is -2.19. The fourth-order valence-corrected chi connectivity index (χ4v) is 2.92. The van der Waals surface area contributed by atoms with E-state index in [1.807, 2.05) is 0 Å². The topological polar surface area (TPSA) is 83.6 Å². The van der Waals surface area contributed by atoms with E-state index < -0.39 is 27.8 Å². The first-order chi connectivity index (χ1) is 9.84. The third-order valence-electron chi connectivity index (χ3n) is 3.26. The third-order valence-corrected chi connectivity index (χ3v) is 4.38. The van der Waals surface area contributed by atoms with Crippen LogP contribution >= 0.6 is 0 Å². The molecule has 1 atom stereocenters. The molecule has 0 bridgehead atoms. The molecule has 0 spiro atoms. The number of halogens is 1. The SMILES string of the molecule is CCNC(=O)c1ccccc1N1CC(S(=O)(=O)F)CC1=O. The Hall–Kier alpha value is -1.96. The smallest absolute Gasteiger partial charge is 0.307 e. The Bertz CT molecular complexity index is 675. The zero-order valence-corrected chi connectivity index (χ0v) is 12.2. The van der Waals surface area contributed by atoms with E-state index in [0.29, 0.717) is 12.2 Å². The van der Waals surface area contributed by atoms with Crippen LogP contribution in [0.5, 0.6) is 0 Å². The molecule has 0 aromatic heterocycles. The number of hydrogen-bond donors (Lipinski definition) is 1. The minimum Gasteiger partial charge on any atom is -0.352 e. The molecule has 0 radical (unpaired) electrons. The molecule has 0 aliphatic carbocycles. The number of carbonyl (C=O) groups excluding carboxylic acids is 2. The van der Waals surface area contributed by atoms with Crippen LogP contribution in [0, 0.1) is 0 Å². The number of nitrogens with one attached hydrogen (secondary N) is 1. The van der Waals surface area contributed by atoms with Gasteiger partial charge < -0.3 is 10.2 Å². The maximum absolute atomic E-state index is 13.1. The summed E-state index contributed by atoms with van der Waals surface area (Å²) in [5.41, 5.74) is 0.546. The van der Waals surface area contributed by atoms with E-state index >= 15 is 0 Å². The summed E-state index contributed by atoms with van der Waals surface area (Å²) in [5.74, 6) is -0.884. The largest absolute Gasteiger partial charge is 0.352 e. The van der Waals surface area contributed by atoms with Crippen molar-refractivity contribution in [2.45, 2.75) is 18.6 Å². The van der Waals surface area contributed by atoms with Gasteiger partial charge in [0.1, 0.15) is 5.25 Å². The van der Waals surface area contributed by atoms with Gasteiger partial charge in [-0.15, -0.1) is 3.89 Å². The Labute approximate surface area is 122 Å². The summed E-state index contributed by atoms with van der Waals surface area (Å²) in [5, 5.41) is 1.23. The van der Waals surface area contributed by atoms with Gasteiger partial charge in [-0.1, -0.05) is 12.1 Å². The maximum atomic E-state index is 13.1. The van der Waals surface area contributed by atoms with Crippen LogP contribution in [0.1, 0.15) is 23.7 Å². The van der Waals surface area contributed by atoms with E-state index in [4.69, 9.17) is 0 Å². The molecule has 1 aromatic rings. The molecule has 1 fully saturated rings. The summed E-state index contributed by atoms with van der Waals surface area (Å²) >= 11 is 0. The normalized spacial score (nSPS) is 18.9. The highest BCUT2D eigenvalue weighted by Crippen LogP contribution is 2.28. The van der Waals surface area contributed by atoms with Crippen molar-refractivity contribution in [3.8, 4) is 0 Å². The minimum absolute atomic E-state index is 0.254. The van der Waals surface area contributed by atoms with E-state index in [-0.39, 0.29) is 18.0 Å². The van der Waals surface area contributed by atoms with Crippen LogP contribution < -0.4 is 10.2 Å². The highest BCUT2D eigenvalue weighted by Gasteiger charge is 2.40. The second kappa shape index (κ2) is 5.80. The van der Waals surface area contributed by atoms with Crippen LogP contribution in [0.2, 0.25) is 0 Å². The summed E-state index contributed by atoms with van der Waals surface area (Å²) in [6, 6.07) is 6.33. The molecule has 1 aromatic carbocycles. The fourth-order valence-electron chi connectivity index (χ4n) is 2.25. The number of carbonyl (C=O) groups is 2. The molecule has 1 aliphatic heterocycles. The Kier molecular flexibility index (Phi) is 4.26. The van der Waals surface area contributed by atoms with Gasteiger partial charge in [0.2, 0.25) is 5.91 Å². The first-order valence-electron chi connectivity index (χ1n) is 6.45. The lowest BCUT2D eigenvalue weighted by molar-refractivity contribution is -0.117. The van der Waals surface area contributed by atoms with Gasteiger partial charge in [-0.05, 0) is 19.1 Å². The highest BCUT2D eigenvalue weighted by molar-refractivity contribution is 7.87. The summed E-state index contributed by atoms with van der Waals surface area (Å²) in [6.45, 7) is 1.89. The van der Waals surface area contributed by atoms with Gasteiger partial charge in [0.25, 0.3) is 5.91 Å². The fraction of sp³-hybridized carbons (Fsp3) is 0.385. The van der Waals surface area contributed by atoms with Crippen molar-refractivity contribution in [3.05, 3.63) is 29.8 Å². The minimum atomic E-state index is -4.78. The van der Waals surface area contributed by atoms with Gasteiger partial charge in [0.05, 0.1) is 11.3 Å². The van der Waals surface area contributed by atoms with Crippen molar-refractivity contribution in [2.75, 3.05) is 18.0 Å². The molecular weight excluding hydrogens is 299 g/mol. The standard InChI is InChI=1S/C13H15FN2O4S/c1-2-15-13(18)10-5-3-4-6-11(10)16-8-9(7-12(16)17)21(14,19)20/h3-6,9H,2,7-8H2,1H3,(H,15,18). The number of nitrogens with zero attached hydrogens (tertiary/aromatic N) is 1. The van der Waals surface area contributed by atoms with Crippen molar-refractivity contribution in [1.82, 2.24) is 5.32 Å². The maximum Gasteiger partial charge on any atom is 0.307 e. The molecule has 21 heavy (non-hydrogen) atoms. The van der Waals surface area contributed by atoms with Crippen molar-refractivity contribution in [1.29, 1.82) is 0 Å². The number of amides is 2. The van der Waals surface area contributed by atoms with Crippen molar-refractivity contribution >= 4 is 27.7 Å².